The molecule has 0 aliphatic carbocycles. The molecule has 0 amide bonds. The number of hydrogen-bond acceptors (Lipinski definition) is 4. The standard InChI is InChI=1S/C10H18O4/c1-2-3-4-12-9-5-8-10(14-9)7(11)6-13-8/h7-11H,2-6H2,1H3/t7-,8?,9+,10?/m1/s1. The molecule has 4 nitrogen and oxygen atoms in total. The first-order valence-corrected chi connectivity index (χ1v) is 5.38. The molecule has 2 unspecified atom stereocenters. The van der Waals surface area contributed by atoms with E-state index in [1.54, 1.807) is 0 Å². The predicted molar refractivity (Wildman–Crippen MR) is 49.9 cm³/mol. The lowest BCUT2D eigenvalue weighted by Crippen LogP contribution is -2.27. The molecule has 82 valence electrons. The second-order valence-corrected chi connectivity index (χ2v) is 3.93. The van der Waals surface area contributed by atoms with Crippen LogP contribution in [0.5, 0.6) is 0 Å². The molecule has 14 heavy (non-hydrogen) atoms. The number of aliphatic hydroxyl groups is 1. The van der Waals surface area contributed by atoms with Gasteiger partial charge in [-0.3, -0.25) is 0 Å². The van der Waals surface area contributed by atoms with Crippen LogP contribution < -0.4 is 0 Å². The van der Waals surface area contributed by atoms with Crippen molar-refractivity contribution in [1.82, 2.24) is 0 Å². The first kappa shape index (κ1) is 10.4. The van der Waals surface area contributed by atoms with Gasteiger partial charge in [-0.15, -0.1) is 0 Å². The van der Waals surface area contributed by atoms with E-state index in [4.69, 9.17) is 14.2 Å². The number of fused-ring (bicyclic) bond motifs is 1. The molecule has 0 aromatic heterocycles. The van der Waals surface area contributed by atoms with E-state index in [1.807, 2.05) is 0 Å². The number of hydrogen-bond donors (Lipinski definition) is 1. The highest BCUT2D eigenvalue weighted by molar-refractivity contribution is 4.90. The van der Waals surface area contributed by atoms with Gasteiger partial charge in [0.15, 0.2) is 6.29 Å². The minimum atomic E-state index is -0.472. The van der Waals surface area contributed by atoms with E-state index in [-0.39, 0.29) is 18.5 Å². The molecular weight excluding hydrogens is 184 g/mol. The zero-order valence-corrected chi connectivity index (χ0v) is 8.52. The van der Waals surface area contributed by atoms with Crippen LogP contribution in [0.15, 0.2) is 0 Å². The molecule has 0 saturated carbocycles. The third kappa shape index (κ3) is 2.08. The van der Waals surface area contributed by atoms with Gasteiger partial charge < -0.3 is 19.3 Å². The van der Waals surface area contributed by atoms with E-state index in [9.17, 15) is 5.11 Å². The Balaban J connectivity index is 1.72. The van der Waals surface area contributed by atoms with Gasteiger partial charge in [0.1, 0.15) is 12.2 Å². The average molecular weight is 202 g/mol. The third-order valence-corrected chi connectivity index (χ3v) is 2.76. The summed E-state index contributed by atoms with van der Waals surface area (Å²) in [6.45, 7) is 3.26. The fourth-order valence-corrected chi connectivity index (χ4v) is 1.93. The molecule has 2 fully saturated rings. The van der Waals surface area contributed by atoms with Gasteiger partial charge in [0.2, 0.25) is 0 Å². The van der Waals surface area contributed by atoms with Gasteiger partial charge >= 0.3 is 0 Å². The number of unbranched alkanes of at least 4 members (excludes halogenated alkanes) is 1. The van der Waals surface area contributed by atoms with Crippen LogP contribution in [0.1, 0.15) is 26.2 Å². The van der Waals surface area contributed by atoms with E-state index in [0.717, 1.165) is 25.9 Å². The maximum absolute atomic E-state index is 9.48. The van der Waals surface area contributed by atoms with E-state index in [0.29, 0.717) is 6.61 Å². The van der Waals surface area contributed by atoms with Crippen molar-refractivity contribution in [2.24, 2.45) is 0 Å². The number of ether oxygens (including phenoxy) is 3. The van der Waals surface area contributed by atoms with Gasteiger partial charge in [-0.25, -0.2) is 0 Å². The molecule has 2 aliphatic rings. The van der Waals surface area contributed by atoms with Gasteiger partial charge in [-0.2, -0.15) is 0 Å². The molecule has 2 heterocycles. The Morgan fingerprint density at radius 1 is 1.50 bits per heavy atom. The van der Waals surface area contributed by atoms with Gasteiger partial charge in [0, 0.05) is 13.0 Å². The summed E-state index contributed by atoms with van der Waals surface area (Å²) in [7, 11) is 0. The van der Waals surface area contributed by atoms with Crippen molar-refractivity contribution in [3.8, 4) is 0 Å². The Hall–Kier alpha value is -0.160. The quantitative estimate of drug-likeness (QED) is 0.681. The van der Waals surface area contributed by atoms with E-state index in [2.05, 4.69) is 6.92 Å². The first-order valence-electron chi connectivity index (χ1n) is 5.38. The van der Waals surface area contributed by atoms with Crippen LogP contribution in [0.3, 0.4) is 0 Å². The van der Waals surface area contributed by atoms with Gasteiger partial charge in [0.25, 0.3) is 0 Å². The normalized spacial score (nSPS) is 41.6. The molecule has 4 heteroatoms. The second kappa shape index (κ2) is 4.57. The van der Waals surface area contributed by atoms with Crippen molar-refractivity contribution >= 4 is 0 Å². The second-order valence-electron chi connectivity index (χ2n) is 3.93. The summed E-state index contributed by atoms with van der Waals surface area (Å²) < 4.78 is 16.4. The van der Waals surface area contributed by atoms with Crippen molar-refractivity contribution in [2.45, 2.75) is 50.8 Å². The smallest absolute Gasteiger partial charge is 0.160 e. The van der Waals surface area contributed by atoms with Gasteiger partial charge in [0.05, 0.1) is 12.7 Å². The lowest BCUT2D eigenvalue weighted by atomic mass is 10.1. The van der Waals surface area contributed by atoms with Crippen LogP contribution in [0, 0.1) is 0 Å². The Labute approximate surface area is 84.1 Å². The molecule has 1 N–H and O–H groups in total. The highest BCUT2D eigenvalue weighted by atomic mass is 16.7. The SMILES string of the molecule is CCCCO[C@@H]1CC2OC[C@@H](O)C2O1. The lowest BCUT2D eigenvalue weighted by molar-refractivity contribution is -0.150. The molecule has 0 aromatic rings. The fraction of sp³-hybridized carbons (Fsp3) is 1.00. The van der Waals surface area contributed by atoms with E-state index < -0.39 is 6.10 Å². The summed E-state index contributed by atoms with van der Waals surface area (Å²) >= 11 is 0. The van der Waals surface area contributed by atoms with Crippen molar-refractivity contribution in [3.05, 3.63) is 0 Å². The summed E-state index contributed by atoms with van der Waals surface area (Å²) in [5.41, 5.74) is 0. The predicted octanol–water partition coefficient (Wildman–Crippen LogP) is 0.678. The molecule has 0 spiro atoms. The van der Waals surface area contributed by atoms with Crippen LogP contribution in [0.4, 0.5) is 0 Å². The van der Waals surface area contributed by atoms with Crippen LogP contribution in [0.25, 0.3) is 0 Å². The molecule has 2 rings (SSSR count). The van der Waals surface area contributed by atoms with E-state index in [1.165, 1.54) is 0 Å². The Bertz CT molecular complexity index is 185. The zero-order valence-electron chi connectivity index (χ0n) is 8.52. The van der Waals surface area contributed by atoms with Crippen LogP contribution in [0.2, 0.25) is 0 Å². The topological polar surface area (TPSA) is 47.9 Å². The first-order chi connectivity index (χ1) is 6.81. The molecule has 2 saturated heterocycles. The highest BCUT2D eigenvalue weighted by Gasteiger charge is 2.45. The largest absolute Gasteiger partial charge is 0.388 e. The zero-order chi connectivity index (χ0) is 9.97. The summed E-state index contributed by atoms with van der Waals surface area (Å²) in [6, 6.07) is 0. The van der Waals surface area contributed by atoms with Crippen molar-refractivity contribution in [3.63, 3.8) is 0 Å². The molecule has 0 radical (unpaired) electrons. The maximum Gasteiger partial charge on any atom is 0.160 e. The summed E-state index contributed by atoms with van der Waals surface area (Å²) in [6.07, 6.45) is 2.16. The van der Waals surface area contributed by atoms with E-state index >= 15 is 0 Å². The fourth-order valence-electron chi connectivity index (χ4n) is 1.93. The number of rotatable bonds is 4. The summed E-state index contributed by atoms with van der Waals surface area (Å²) in [5.74, 6) is 0. The van der Waals surface area contributed by atoms with Crippen LogP contribution in [-0.4, -0.2) is 42.9 Å². The van der Waals surface area contributed by atoms with Crippen molar-refractivity contribution in [1.29, 1.82) is 0 Å². The summed E-state index contributed by atoms with van der Waals surface area (Å²) in [5, 5.41) is 9.48. The average Bonchev–Trinajstić information content (AvgIpc) is 2.70. The third-order valence-electron chi connectivity index (χ3n) is 2.76. The van der Waals surface area contributed by atoms with Crippen LogP contribution in [-0.2, 0) is 14.2 Å². The highest BCUT2D eigenvalue weighted by Crippen LogP contribution is 2.31. The maximum atomic E-state index is 9.48. The van der Waals surface area contributed by atoms with Crippen molar-refractivity contribution < 1.29 is 19.3 Å². The Morgan fingerprint density at radius 3 is 3.07 bits per heavy atom. The molecule has 0 bridgehead atoms. The minimum absolute atomic E-state index is 0.0385. The van der Waals surface area contributed by atoms with Gasteiger partial charge in [-0.05, 0) is 6.42 Å². The van der Waals surface area contributed by atoms with Crippen molar-refractivity contribution in [2.75, 3.05) is 13.2 Å². The molecular formula is C10H18O4. The Morgan fingerprint density at radius 2 is 2.36 bits per heavy atom. The minimum Gasteiger partial charge on any atom is -0.388 e. The summed E-state index contributed by atoms with van der Waals surface area (Å²) in [4.78, 5) is 0. The molecule has 0 aromatic carbocycles. The molecule has 2 aliphatic heterocycles. The Kier molecular flexibility index (Phi) is 3.38. The lowest BCUT2D eigenvalue weighted by Gasteiger charge is -2.14. The van der Waals surface area contributed by atoms with Gasteiger partial charge in [-0.1, -0.05) is 13.3 Å². The number of aliphatic hydroxyl groups excluding tert-OH is 1. The van der Waals surface area contributed by atoms with Crippen LogP contribution >= 0.6 is 0 Å². The monoisotopic (exact) mass is 202 g/mol. The molecule has 4 atom stereocenters.